The second-order valence-electron chi connectivity index (χ2n) is 5.89. The van der Waals surface area contributed by atoms with E-state index >= 15 is 0 Å². The van der Waals surface area contributed by atoms with Crippen LogP contribution in [0.3, 0.4) is 0 Å². The zero-order valence-electron chi connectivity index (χ0n) is 15.7. The molecule has 0 fully saturated rings. The number of aliphatic carboxylic acids is 2. The highest BCUT2D eigenvalue weighted by molar-refractivity contribution is 7.98. The Hall–Kier alpha value is -2.87. The zero-order chi connectivity index (χ0) is 22.6. The Morgan fingerprint density at radius 2 is 1.59 bits per heavy atom. The standard InChI is InChI=1S/C15H25N5O8S/c1-29-3-2-8(15(27)28)20-14(26)9(5-10(17)21)19-11(22)6-18-13(25)7(16)4-12(23)24/h7-9H,2-6,16H2,1H3,(H2,17,21)(H,18,25)(H,19,22)(H,20,26)(H,23,24)(H,27,28). The molecule has 29 heavy (non-hydrogen) atoms. The SMILES string of the molecule is CSCCC(NC(=O)C(CC(N)=O)NC(=O)CNC(=O)C(N)CC(=O)O)C(=O)O. The van der Waals surface area contributed by atoms with E-state index in [4.69, 9.17) is 21.7 Å². The third kappa shape index (κ3) is 11.5. The topological polar surface area (TPSA) is 231 Å². The number of thioether (sulfide) groups is 1. The van der Waals surface area contributed by atoms with Crippen molar-refractivity contribution in [3.05, 3.63) is 0 Å². The first-order chi connectivity index (χ1) is 13.5. The van der Waals surface area contributed by atoms with Crippen LogP contribution in [0.5, 0.6) is 0 Å². The van der Waals surface area contributed by atoms with Crippen molar-refractivity contribution >= 4 is 47.3 Å². The normalized spacial score (nSPS) is 13.4. The summed E-state index contributed by atoms with van der Waals surface area (Å²) < 4.78 is 0. The summed E-state index contributed by atoms with van der Waals surface area (Å²) in [5.74, 6) is -5.78. The molecule has 0 heterocycles. The molecule has 3 atom stereocenters. The van der Waals surface area contributed by atoms with Crippen LogP contribution in [0.4, 0.5) is 0 Å². The Bertz CT molecular complexity index is 644. The lowest BCUT2D eigenvalue weighted by Crippen LogP contribution is -2.54. The Labute approximate surface area is 170 Å². The summed E-state index contributed by atoms with van der Waals surface area (Å²) in [6.07, 6.45) is 0.635. The molecule has 0 aromatic heterocycles. The predicted molar refractivity (Wildman–Crippen MR) is 102 cm³/mol. The van der Waals surface area contributed by atoms with Crippen LogP contribution in [0.1, 0.15) is 19.3 Å². The monoisotopic (exact) mass is 435 g/mol. The third-order valence-electron chi connectivity index (χ3n) is 3.44. The molecule has 0 aliphatic heterocycles. The summed E-state index contributed by atoms with van der Waals surface area (Å²) in [5.41, 5.74) is 10.4. The number of hydrogen-bond donors (Lipinski definition) is 7. The van der Waals surface area contributed by atoms with Crippen molar-refractivity contribution in [1.82, 2.24) is 16.0 Å². The molecule has 0 saturated heterocycles. The molecule has 13 nitrogen and oxygen atoms in total. The van der Waals surface area contributed by atoms with E-state index in [1.807, 2.05) is 0 Å². The minimum atomic E-state index is -1.46. The average molecular weight is 435 g/mol. The average Bonchev–Trinajstić information content (AvgIpc) is 2.61. The fraction of sp³-hybridized carbons (Fsp3) is 0.600. The predicted octanol–water partition coefficient (Wildman–Crippen LogP) is -3.41. The fourth-order valence-corrected chi connectivity index (χ4v) is 2.47. The Balaban J connectivity index is 4.88. The van der Waals surface area contributed by atoms with Gasteiger partial charge < -0.3 is 37.6 Å². The third-order valence-corrected chi connectivity index (χ3v) is 4.08. The number of hydrogen-bond acceptors (Lipinski definition) is 8. The van der Waals surface area contributed by atoms with Crippen molar-refractivity contribution in [2.24, 2.45) is 11.5 Å². The number of carboxylic acid groups (broad SMARTS) is 2. The van der Waals surface area contributed by atoms with Gasteiger partial charge in [0.15, 0.2) is 0 Å². The van der Waals surface area contributed by atoms with Crippen LogP contribution >= 0.6 is 11.8 Å². The van der Waals surface area contributed by atoms with Gasteiger partial charge in [0.1, 0.15) is 12.1 Å². The molecule has 164 valence electrons. The first-order valence-electron chi connectivity index (χ1n) is 8.32. The lowest BCUT2D eigenvalue weighted by Gasteiger charge is -2.20. The number of carbonyl (C=O) groups excluding carboxylic acids is 4. The molecule has 0 aliphatic rings. The molecule has 0 aliphatic carbocycles. The number of rotatable bonds is 14. The molecule has 14 heteroatoms. The molecule has 0 aromatic rings. The molecule has 3 unspecified atom stereocenters. The summed E-state index contributed by atoms with van der Waals surface area (Å²) in [5, 5.41) is 24.2. The highest BCUT2D eigenvalue weighted by Crippen LogP contribution is 2.02. The Morgan fingerprint density at radius 3 is 2.07 bits per heavy atom. The van der Waals surface area contributed by atoms with Crippen LogP contribution in [0.2, 0.25) is 0 Å². The number of nitrogens with one attached hydrogen (secondary N) is 3. The first-order valence-corrected chi connectivity index (χ1v) is 9.72. The molecule has 0 radical (unpaired) electrons. The van der Waals surface area contributed by atoms with Gasteiger partial charge >= 0.3 is 11.9 Å². The van der Waals surface area contributed by atoms with Crippen molar-refractivity contribution in [2.75, 3.05) is 18.6 Å². The summed E-state index contributed by atoms with van der Waals surface area (Å²) >= 11 is 1.37. The minimum Gasteiger partial charge on any atom is -0.481 e. The maximum Gasteiger partial charge on any atom is 0.326 e. The van der Waals surface area contributed by atoms with E-state index in [-0.39, 0.29) is 6.42 Å². The van der Waals surface area contributed by atoms with Gasteiger partial charge in [-0.05, 0) is 18.4 Å². The quantitative estimate of drug-likeness (QED) is 0.143. The maximum absolute atomic E-state index is 12.3. The van der Waals surface area contributed by atoms with E-state index in [1.165, 1.54) is 11.8 Å². The molecule has 0 aromatic carbocycles. The maximum atomic E-state index is 12.3. The fourth-order valence-electron chi connectivity index (χ4n) is 2.00. The van der Waals surface area contributed by atoms with Gasteiger partial charge in [-0.25, -0.2) is 4.79 Å². The van der Waals surface area contributed by atoms with Gasteiger partial charge in [-0.15, -0.1) is 0 Å². The second kappa shape index (κ2) is 13.3. The van der Waals surface area contributed by atoms with E-state index in [9.17, 15) is 28.8 Å². The molecule has 9 N–H and O–H groups in total. The number of carboxylic acids is 2. The number of carbonyl (C=O) groups is 6. The van der Waals surface area contributed by atoms with Gasteiger partial charge in [0, 0.05) is 0 Å². The van der Waals surface area contributed by atoms with Crippen molar-refractivity contribution in [3.8, 4) is 0 Å². The summed E-state index contributed by atoms with van der Waals surface area (Å²) in [6.45, 7) is -0.649. The molecule has 0 bridgehead atoms. The van der Waals surface area contributed by atoms with Crippen LogP contribution in [0, 0.1) is 0 Å². The van der Waals surface area contributed by atoms with E-state index < -0.39 is 73.1 Å². The van der Waals surface area contributed by atoms with Crippen LogP contribution in [-0.4, -0.2) is 82.5 Å². The Morgan fingerprint density at radius 1 is 0.966 bits per heavy atom. The highest BCUT2D eigenvalue weighted by atomic mass is 32.2. The summed E-state index contributed by atoms with van der Waals surface area (Å²) in [4.78, 5) is 68.7. The van der Waals surface area contributed by atoms with E-state index in [1.54, 1.807) is 6.26 Å². The van der Waals surface area contributed by atoms with Crippen molar-refractivity contribution in [1.29, 1.82) is 0 Å². The van der Waals surface area contributed by atoms with Gasteiger partial charge in [0.25, 0.3) is 0 Å². The van der Waals surface area contributed by atoms with Gasteiger partial charge in [-0.3, -0.25) is 24.0 Å². The van der Waals surface area contributed by atoms with Crippen LogP contribution in [0.25, 0.3) is 0 Å². The lowest BCUT2D eigenvalue weighted by atomic mass is 10.1. The van der Waals surface area contributed by atoms with Crippen LogP contribution in [-0.2, 0) is 28.8 Å². The van der Waals surface area contributed by atoms with Gasteiger partial charge in [0.2, 0.25) is 23.6 Å². The zero-order valence-corrected chi connectivity index (χ0v) is 16.5. The number of primary amides is 1. The first kappa shape index (κ1) is 26.1. The highest BCUT2D eigenvalue weighted by Gasteiger charge is 2.28. The molecule has 0 saturated carbocycles. The van der Waals surface area contributed by atoms with Crippen LogP contribution in [0.15, 0.2) is 0 Å². The Kier molecular flexibility index (Phi) is 12.0. The molecular formula is C15H25N5O8S. The van der Waals surface area contributed by atoms with E-state index in [0.717, 1.165) is 0 Å². The van der Waals surface area contributed by atoms with Gasteiger partial charge in [-0.1, -0.05) is 0 Å². The number of amides is 4. The second-order valence-corrected chi connectivity index (χ2v) is 6.88. The van der Waals surface area contributed by atoms with E-state index in [0.29, 0.717) is 5.75 Å². The van der Waals surface area contributed by atoms with Crippen molar-refractivity contribution < 1.29 is 39.0 Å². The molecular weight excluding hydrogens is 410 g/mol. The molecule has 4 amide bonds. The minimum absolute atomic E-state index is 0.122. The van der Waals surface area contributed by atoms with Crippen molar-refractivity contribution in [2.45, 2.75) is 37.4 Å². The molecule has 0 spiro atoms. The summed E-state index contributed by atoms with van der Waals surface area (Å²) in [6, 6.07) is -4.06. The molecule has 0 rings (SSSR count). The van der Waals surface area contributed by atoms with Gasteiger partial charge in [-0.2, -0.15) is 11.8 Å². The van der Waals surface area contributed by atoms with Gasteiger partial charge in [0.05, 0.1) is 25.4 Å². The van der Waals surface area contributed by atoms with E-state index in [2.05, 4.69) is 16.0 Å². The van der Waals surface area contributed by atoms with Crippen molar-refractivity contribution in [3.63, 3.8) is 0 Å². The smallest absolute Gasteiger partial charge is 0.326 e. The number of nitrogens with two attached hydrogens (primary N) is 2. The van der Waals surface area contributed by atoms with Crippen LogP contribution < -0.4 is 27.4 Å². The largest absolute Gasteiger partial charge is 0.481 e. The lowest BCUT2D eigenvalue weighted by molar-refractivity contribution is -0.142. The summed E-state index contributed by atoms with van der Waals surface area (Å²) in [7, 11) is 0.